The first kappa shape index (κ1) is 12.8. The fourth-order valence-electron chi connectivity index (χ4n) is 1.82. The van der Waals surface area contributed by atoms with E-state index < -0.39 is 11.9 Å². The van der Waals surface area contributed by atoms with Crippen LogP contribution in [-0.4, -0.2) is 43.2 Å². The third-order valence-corrected chi connectivity index (χ3v) is 2.81. The fraction of sp³-hybridized carbons (Fsp3) is 0.462. The van der Waals surface area contributed by atoms with E-state index in [1.807, 2.05) is 0 Å². The van der Waals surface area contributed by atoms with E-state index in [0.717, 1.165) is 0 Å². The molecule has 98 valence electrons. The van der Waals surface area contributed by atoms with Gasteiger partial charge in [-0.05, 0) is 19.1 Å². The lowest BCUT2D eigenvalue weighted by molar-refractivity contribution is -0.142. The highest BCUT2D eigenvalue weighted by molar-refractivity contribution is 5.81. The monoisotopic (exact) mass is 253 g/mol. The minimum Gasteiger partial charge on any atom is -0.478 e. The van der Waals surface area contributed by atoms with Crippen LogP contribution in [0.5, 0.6) is 5.75 Å². The van der Waals surface area contributed by atoms with Gasteiger partial charge < -0.3 is 14.4 Å². The molecule has 2 rings (SSSR count). The topological polar surface area (TPSA) is 38.8 Å². The van der Waals surface area contributed by atoms with Crippen molar-refractivity contribution in [3.05, 3.63) is 30.1 Å². The molecule has 1 amide bonds. The summed E-state index contributed by atoms with van der Waals surface area (Å²) >= 11 is 0. The van der Waals surface area contributed by atoms with Crippen molar-refractivity contribution >= 4 is 5.91 Å². The molecular weight excluding hydrogens is 237 g/mol. The van der Waals surface area contributed by atoms with E-state index in [-0.39, 0.29) is 11.7 Å². The van der Waals surface area contributed by atoms with E-state index in [9.17, 15) is 9.18 Å². The molecule has 1 atom stereocenters. The highest BCUT2D eigenvalue weighted by Crippen LogP contribution is 2.17. The average Bonchev–Trinajstić information content (AvgIpc) is 2.41. The summed E-state index contributed by atoms with van der Waals surface area (Å²) in [6.07, 6.45) is -0.694. The molecule has 1 aromatic rings. The quantitative estimate of drug-likeness (QED) is 0.818. The number of rotatable bonds is 3. The van der Waals surface area contributed by atoms with Crippen molar-refractivity contribution in [1.82, 2.24) is 4.90 Å². The Kier molecular flexibility index (Phi) is 4.15. The van der Waals surface area contributed by atoms with Gasteiger partial charge in [-0.15, -0.1) is 0 Å². The zero-order valence-corrected chi connectivity index (χ0v) is 10.3. The van der Waals surface area contributed by atoms with Gasteiger partial charge >= 0.3 is 0 Å². The van der Waals surface area contributed by atoms with Gasteiger partial charge in [0.1, 0.15) is 0 Å². The zero-order chi connectivity index (χ0) is 13.0. The molecule has 1 aliphatic heterocycles. The minimum atomic E-state index is -0.694. The first-order valence-corrected chi connectivity index (χ1v) is 5.96. The second kappa shape index (κ2) is 5.82. The van der Waals surface area contributed by atoms with Gasteiger partial charge in [-0.3, -0.25) is 4.79 Å². The van der Waals surface area contributed by atoms with E-state index in [1.165, 1.54) is 12.1 Å². The molecule has 0 aromatic heterocycles. The van der Waals surface area contributed by atoms with Crippen LogP contribution in [0.15, 0.2) is 24.3 Å². The molecule has 1 heterocycles. The van der Waals surface area contributed by atoms with Gasteiger partial charge in [-0.2, -0.15) is 0 Å². The van der Waals surface area contributed by atoms with Gasteiger partial charge in [-0.1, -0.05) is 12.1 Å². The van der Waals surface area contributed by atoms with E-state index in [4.69, 9.17) is 9.47 Å². The van der Waals surface area contributed by atoms with Crippen LogP contribution >= 0.6 is 0 Å². The molecule has 4 nitrogen and oxygen atoms in total. The highest BCUT2D eigenvalue weighted by Gasteiger charge is 2.24. The van der Waals surface area contributed by atoms with Crippen molar-refractivity contribution < 1.29 is 18.7 Å². The molecule has 0 saturated carbocycles. The second-order valence-electron chi connectivity index (χ2n) is 4.13. The SMILES string of the molecule is CC(Oc1ccccc1F)C(=O)N1CCOCC1. The number of amides is 1. The fourth-order valence-corrected chi connectivity index (χ4v) is 1.82. The van der Waals surface area contributed by atoms with Gasteiger partial charge in [0.2, 0.25) is 0 Å². The van der Waals surface area contributed by atoms with E-state index in [2.05, 4.69) is 0 Å². The van der Waals surface area contributed by atoms with E-state index >= 15 is 0 Å². The number of ether oxygens (including phenoxy) is 2. The van der Waals surface area contributed by atoms with Crippen LogP contribution in [0.4, 0.5) is 4.39 Å². The van der Waals surface area contributed by atoms with Crippen molar-refractivity contribution in [3.8, 4) is 5.75 Å². The number of benzene rings is 1. The first-order valence-electron chi connectivity index (χ1n) is 5.96. The predicted molar refractivity (Wildman–Crippen MR) is 63.9 cm³/mol. The highest BCUT2D eigenvalue weighted by atomic mass is 19.1. The number of hydrogen-bond acceptors (Lipinski definition) is 3. The average molecular weight is 253 g/mol. The van der Waals surface area contributed by atoms with E-state index in [0.29, 0.717) is 26.3 Å². The Morgan fingerprint density at radius 1 is 1.39 bits per heavy atom. The molecule has 0 radical (unpaired) electrons. The predicted octanol–water partition coefficient (Wildman–Crippen LogP) is 1.45. The lowest BCUT2D eigenvalue weighted by Gasteiger charge is -2.29. The number of carbonyl (C=O) groups is 1. The molecule has 1 saturated heterocycles. The van der Waals surface area contributed by atoms with Gasteiger partial charge in [0.25, 0.3) is 5.91 Å². The normalized spacial score (nSPS) is 17.3. The third kappa shape index (κ3) is 2.98. The van der Waals surface area contributed by atoms with Crippen molar-refractivity contribution in [2.45, 2.75) is 13.0 Å². The van der Waals surface area contributed by atoms with E-state index in [1.54, 1.807) is 24.0 Å². The molecule has 0 N–H and O–H groups in total. The summed E-state index contributed by atoms with van der Waals surface area (Å²) in [6.45, 7) is 3.83. The zero-order valence-electron chi connectivity index (χ0n) is 10.3. The Bertz CT molecular complexity index is 418. The Morgan fingerprint density at radius 2 is 2.06 bits per heavy atom. The van der Waals surface area contributed by atoms with Crippen molar-refractivity contribution in [2.75, 3.05) is 26.3 Å². The van der Waals surface area contributed by atoms with Crippen LogP contribution in [0.25, 0.3) is 0 Å². The lowest BCUT2D eigenvalue weighted by atomic mass is 10.3. The third-order valence-electron chi connectivity index (χ3n) is 2.81. The van der Waals surface area contributed by atoms with Gasteiger partial charge in [0.05, 0.1) is 13.2 Å². The molecule has 0 spiro atoms. The molecule has 1 unspecified atom stereocenters. The standard InChI is InChI=1S/C13H16FNO3/c1-10(13(16)15-6-8-17-9-7-15)18-12-5-3-2-4-11(12)14/h2-5,10H,6-9H2,1H3. The summed E-state index contributed by atoms with van der Waals surface area (Å²) in [7, 11) is 0. The molecule has 18 heavy (non-hydrogen) atoms. The number of morpholine rings is 1. The lowest BCUT2D eigenvalue weighted by Crippen LogP contribution is -2.46. The minimum absolute atomic E-state index is 0.103. The van der Waals surface area contributed by atoms with Crippen molar-refractivity contribution in [3.63, 3.8) is 0 Å². The molecule has 1 aliphatic rings. The summed E-state index contributed by atoms with van der Waals surface area (Å²) in [5.41, 5.74) is 0. The molecule has 1 fully saturated rings. The molecule has 0 aliphatic carbocycles. The summed E-state index contributed by atoms with van der Waals surface area (Å²) in [5.74, 6) is -0.493. The van der Waals surface area contributed by atoms with Crippen LogP contribution < -0.4 is 4.74 Å². The molecule has 0 bridgehead atoms. The van der Waals surface area contributed by atoms with Gasteiger partial charge in [0, 0.05) is 13.1 Å². The Balaban J connectivity index is 1.96. The summed E-state index contributed by atoms with van der Waals surface area (Å²) in [6, 6.07) is 6.07. The Labute approximate surface area is 105 Å². The Morgan fingerprint density at radius 3 is 2.72 bits per heavy atom. The number of nitrogens with zero attached hydrogens (tertiary/aromatic N) is 1. The molecular formula is C13H16FNO3. The molecule has 1 aromatic carbocycles. The van der Waals surface area contributed by atoms with Gasteiger partial charge in [0.15, 0.2) is 17.7 Å². The number of hydrogen-bond donors (Lipinski definition) is 0. The molecule has 5 heteroatoms. The number of carbonyl (C=O) groups excluding carboxylic acids is 1. The summed E-state index contributed by atoms with van der Waals surface area (Å²) in [4.78, 5) is 13.7. The second-order valence-corrected chi connectivity index (χ2v) is 4.13. The van der Waals surface area contributed by atoms with Crippen LogP contribution in [0.1, 0.15) is 6.92 Å². The maximum Gasteiger partial charge on any atom is 0.263 e. The summed E-state index contributed by atoms with van der Waals surface area (Å²) < 4.78 is 23.9. The smallest absolute Gasteiger partial charge is 0.263 e. The first-order chi connectivity index (χ1) is 8.68. The van der Waals surface area contributed by atoms with Crippen LogP contribution in [0, 0.1) is 5.82 Å². The Hall–Kier alpha value is -1.62. The maximum absolute atomic E-state index is 13.4. The van der Waals surface area contributed by atoms with Crippen LogP contribution in [0.2, 0.25) is 0 Å². The van der Waals surface area contributed by atoms with Gasteiger partial charge in [-0.25, -0.2) is 4.39 Å². The van der Waals surface area contributed by atoms with Crippen LogP contribution in [-0.2, 0) is 9.53 Å². The van der Waals surface area contributed by atoms with Crippen molar-refractivity contribution in [1.29, 1.82) is 0 Å². The maximum atomic E-state index is 13.4. The number of halogens is 1. The van der Waals surface area contributed by atoms with Crippen molar-refractivity contribution in [2.24, 2.45) is 0 Å². The largest absolute Gasteiger partial charge is 0.478 e. The van der Waals surface area contributed by atoms with Crippen LogP contribution in [0.3, 0.4) is 0 Å². The number of para-hydroxylation sites is 1. The summed E-state index contributed by atoms with van der Waals surface area (Å²) in [5, 5.41) is 0.